The Kier molecular flexibility index (Phi) is 5.21. The van der Waals surface area contributed by atoms with E-state index in [1.54, 1.807) is 0 Å². The Hall–Kier alpha value is -2.66. The number of hydrogen-bond acceptors (Lipinski definition) is 5. The zero-order valence-electron chi connectivity index (χ0n) is 15.9. The van der Waals surface area contributed by atoms with Crippen molar-refractivity contribution in [1.29, 1.82) is 0 Å². The Morgan fingerprint density at radius 3 is 2.63 bits per heavy atom. The van der Waals surface area contributed by atoms with Gasteiger partial charge in [-0.2, -0.15) is 4.98 Å². The van der Waals surface area contributed by atoms with Gasteiger partial charge in [0.15, 0.2) is 5.82 Å². The highest BCUT2D eigenvalue weighted by Gasteiger charge is 2.27. The summed E-state index contributed by atoms with van der Waals surface area (Å²) in [6.45, 7) is 6.51. The minimum Gasteiger partial charge on any atom is -0.494 e. The largest absolute Gasteiger partial charge is 0.494 e. The van der Waals surface area contributed by atoms with Crippen LogP contribution in [0.4, 0.5) is 0 Å². The molecule has 1 fully saturated rings. The van der Waals surface area contributed by atoms with Gasteiger partial charge in [0.25, 0.3) is 5.89 Å². The van der Waals surface area contributed by atoms with Gasteiger partial charge in [0.2, 0.25) is 0 Å². The van der Waals surface area contributed by atoms with E-state index in [1.165, 1.54) is 17.5 Å². The lowest BCUT2D eigenvalue weighted by Gasteiger charge is -2.23. The molecule has 5 heteroatoms. The normalized spacial score (nSPS) is 17.3. The van der Waals surface area contributed by atoms with Crippen LogP contribution in [-0.4, -0.2) is 28.2 Å². The summed E-state index contributed by atoms with van der Waals surface area (Å²) >= 11 is 0. The third kappa shape index (κ3) is 4.03. The molecule has 5 nitrogen and oxygen atoms in total. The molecule has 0 unspecified atom stereocenters. The van der Waals surface area contributed by atoms with Gasteiger partial charge >= 0.3 is 0 Å². The summed E-state index contributed by atoms with van der Waals surface area (Å²) in [6, 6.07) is 17.0. The van der Waals surface area contributed by atoms with Crippen LogP contribution in [0.3, 0.4) is 0 Å². The molecule has 0 saturated carbocycles. The number of hydrogen-bond donors (Lipinski definition) is 0. The maximum absolute atomic E-state index is 5.55. The molecule has 1 aliphatic rings. The molecule has 0 aliphatic carbocycles. The van der Waals surface area contributed by atoms with Gasteiger partial charge in [-0.15, -0.1) is 0 Å². The van der Waals surface area contributed by atoms with Crippen LogP contribution < -0.4 is 4.74 Å². The topological polar surface area (TPSA) is 51.4 Å². The number of aromatic nitrogens is 2. The first-order valence-corrected chi connectivity index (χ1v) is 9.59. The number of ether oxygens (including phenoxy) is 1. The van der Waals surface area contributed by atoms with E-state index in [4.69, 9.17) is 9.26 Å². The summed E-state index contributed by atoms with van der Waals surface area (Å²) in [7, 11) is 0. The molecule has 4 rings (SSSR count). The van der Waals surface area contributed by atoms with E-state index in [1.807, 2.05) is 19.1 Å². The summed E-state index contributed by atoms with van der Waals surface area (Å²) in [6.07, 6.45) is 2.33. The Morgan fingerprint density at radius 2 is 1.89 bits per heavy atom. The second-order valence-electron chi connectivity index (χ2n) is 7.01. The van der Waals surface area contributed by atoms with Crippen LogP contribution in [0.1, 0.15) is 42.8 Å². The Labute approximate surface area is 160 Å². The fourth-order valence-electron chi connectivity index (χ4n) is 3.66. The van der Waals surface area contributed by atoms with E-state index in [-0.39, 0.29) is 0 Å². The third-order valence-electron chi connectivity index (χ3n) is 5.05. The van der Waals surface area contributed by atoms with Crippen molar-refractivity contribution in [2.45, 2.75) is 39.3 Å². The molecule has 0 radical (unpaired) electrons. The van der Waals surface area contributed by atoms with E-state index in [0.29, 0.717) is 25.1 Å². The fraction of sp³-hybridized carbons (Fsp3) is 0.364. The second-order valence-corrected chi connectivity index (χ2v) is 7.01. The molecule has 0 spiro atoms. The maximum atomic E-state index is 5.55. The van der Waals surface area contributed by atoms with Gasteiger partial charge in [0.05, 0.1) is 13.2 Å². The standard InChI is InChI=1S/C22H25N3O2/c1-3-26-19-12-10-17(11-13-19)20-5-4-14-25(20)15-21-23-22(27-24-21)18-8-6-16(2)7-9-18/h6-13,20H,3-5,14-15H2,1-2H3/t20-/m1/s1. The first kappa shape index (κ1) is 17.7. The number of benzene rings is 2. The van der Waals surface area contributed by atoms with Gasteiger partial charge in [0, 0.05) is 11.6 Å². The molecule has 2 aromatic carbocycles. The molecular weight excluding hydrogens is 338 g/mol. The predicted molar refractivity (Wildman–Crippen MR) is 104 cm³/mol. The molecule has 1 aliphatic heterocycles. The fourth-order valence-corrected chi connectivity index (χ4v) is 3.66. The first-order chi connectivity index (χ1) is 13.2. The van der Waals surface area contributed by atoms with Crippen LogP contribution in [0.2, 0.25) is 0 Å². The second kappa shape index (κ2) is 7.92. The lowest BCUT2D eigenvalue weighted by atomic mass is 10.0. The van der Waals surface area contributed by atoms with E-state index in [9.17, 15) is 0 Å². The minimum atomic E-state index is 0.391. The average molecular weight is 363 g/mol. The van der Waals surface area contributed by atoms with Crippen LogP contribution in [0.15, 0.2) is 53.1 Å². The number of likely N-dealkylation sites (tertiary alicyclic amines) is 1. The third-order valence-corrected chi connectivity index (χ3v) is 5.05. The van der Waals surface area contributed by atoms with Crippen molar-refractivity contribution >= 4 is 0 Å². The van der Waals surface area contributed by atoms with Gasteiger partial charge in [-0.3, -0.25) is 4.90 Å². The smallest absolute Gasteiger partial charge is 0.257 e. The van der Waals surface area contributed by atoms with E-state index >= 15 is 0 Å². The summed E-state index contributed by atoms with van der Waals surface area (Å²) in [5, 5.41) is 4.20. The monoisotopic (exact) mass is 363 g/mol. The number of aryl methyl sites for hydroxylation is 1. The van der Waals surface area contributed by atoms with Gasteiger partial charge in [0.1, 0.15) is 5.75 Å². The molecule has 1 atom stereocenters. The van der Waals surface area contributed by atoms with Crippen molar-refractivity contribution < 1.29 is 9.26 Å². The molecule has 3 aromatic rings. The van der Waals surface area contributed by atoms with Crippen LogP contribution in [0.5, 0.6) is 5.75 Å². The van der Waals surface area contributed by atoms with Crippen molar-refractivity contribution in [2.75, 3.05) is 13.2 Å². The molecule has 140 valence electrons. The van der Waals surface area contributed by atoms with Crippen molar-refractivity contribution in [1.82, 2.24) is 15.0 Å². The SMILES string of the molecule is CCOc1ccc([C@H]2CCCN2Cc2noc(-c3ccc(C)cc3)n2)cc1. The Bertz CT molecular complexity index is 871. The van der Waals surface area contributed by atoms with Gasteiger partial charge < -0.3 is 9.26 Å². The van der Waals surface area contributed by atoms with Crippen molar-refractivity contribution in [3.8, 4) is 17.2 Å². The Balaban J connectivity index is 1.46. The zero-order chi connectivity index (χ0) is 18.6. The summed E-state index contributed by atoms with van der Waals surface area (Å²) < 4.78 is 11.0. The molecule has 1 aromatic heterocycles. The van der Waals surface area contributed by atoms with E-state index < -0.39 is 0 Å². The van der Waals surface area contributed by atoms with Crippen molar-refractivity contribution in [3.05, 3.63) is 65.5 Å². The van der Waals surface area contributed by atoms with Gasteiger partial charge in [-0.25, -0.2) is 0 Å². The van der Waals surface area contributed by atoms with E-state index in [0.717, 1.165) is 30.1 Å². The molecule has 1 saturated heterocycles. The maximum Gasteiger partial charge on any atom is 0.257 e. The highest BCUT2D eigenvalue weighted by molar-refractivity contribution is 5.53. The van der Waals surface area contributed by atoms with Crippen molar-refractivity contribution in [3.63, 3.8) is 0 Å². The molecule has 0 bridgehead atoms. The predicted octanol–water partition coefficient (Wildman–Crippen LogP) is 4.78. The molecule has 2 heterocycles. The number of nitrogens with zero attached hydrogens (tertiary/aromatic N) is 3. The highest BCUT2D eigenvalue weighted by Crippen LogP contribution is 2.33. The lowest BCUT2D eigenvalue weighted by Crippen LogP contribution is -2.23. The summed E-state index contributed by atoms with van der Waals surface area (Å²) in [5.74, 6) is 2.25. The number of rotatable bonds is 6. The summed E-state index contributed by atoms with van der Waals surface area (Å²) in [5.41, 5.74) is 3.50. The van der Waals surface area contributed by atoms with Crippen LogP contribution in [0, 0.1) is 6.92 Å². The van der Waals surface area contributed by atoms with Crippen LogP contribution >= 0.6 is 0 Å². The highest BCUT2D eigenvalue weighted by atomic mass is 16.5. The Morgan fingerprint density at radius 1 is 1.11 bits per heavy atom. The molecule has 0 amide bonds. The van der Waals surface area contributed by atoms with E-state index in [2.05, 4.69) is 58.4 Å². The summed E-state index contributed by atoms with van der Waals surface area (Å²) in [4.78, 5) is 7.03. The van der Waals surface area contributed by atoms with Gasteiger partial charge in [-0.1, -0.05) is 35.0 Å². The quantitative estimate of drug-likeness (QED) is 0.631. The van der Waals surface area contributed by atoms with Gasteiger partial charge in [-0.05, 0) is 63.1 Å². The molecule has 0 N–H and O–H groups in total. The first-order valence-electron chi connectivity index (χ1n) is 9.59. The average Bonchev–Trinajstić information content (AvgIpc) is 3.34. The molecule has 27 heavy (non-hydrogen) atoms. The zero-order valence-corrected chi connectivity index (χ0v) is 15.9. The van der Waals surface area contributed by atoms with Crippen LogP contribution in [-0.2, 0) is 6.54 Å². The van der Waals surface area contributed by atoms with Crippen molar-refractivity contribution in [2.24, 2.45) is 0 Å². The van der Waals surface area contributed by atoms with Crippen LogP contribution in [0.25, 0.3) is 11.5 Å². The minimum absolute atomic E-state index is 0.391. The molecular formula is C22H25N3O2. The lowest BCUT2D eigenvalue weighted by molar-refractivity contribution is 0.238.